The second-order valence-electron chi connectivity index (χ2n) is 6.37. The van der Waals surface area contributed by atoms with Gasteiger partial charge in [-0.15, -0.1) is 0 Å². The minimum atomic E-state index is -2.91. The first kappa shape index (κ1) is 15.1. The van der Waals surface area contributed by atoms with Gasteiger partial charge in [-0.05, 0) is 36.1 Å². The predicted molar refractivity (Wildman–Crippen MR) is 91.7 cm³/mol. The molecule has 0 bridgehead atoms. The topological polar surface area (TPSA) is 46.2 Å². The van der Waals surface area contributed by atoms with E-state index in [-0.39, 0.29) is 11.2 Å². The zero-order valence-electron chi connectivity index (χ0n) is 12.7. The fourth-order valence-electron chi connectivity index (χ4n) is 2.83. The quantitative estimate of drug-likeness (QED) is 0.886. The third-order valence-corrected chi connectivity index (χ3v) is 5.30. The minimum Gasteiger partial charge on any atom is -0.384 e. The highest BCUT2D eigenvalue weighted by Gasteiger charge is 2.44. The molecule has 0 radical (unpaired) electrons. The monoisotopic (exact) mass is 315 g/mol. The molecule has 2 aromatic carbocycles. The van der Waals surface area contributed by atoms with Gasteiger partial charge in [0.15, 0.2) is 0 Å². The van der Waals surface area contributed by atoms with Crippen molar-refractivity contribution in [3.05, 3.63) is 54.6 Å². The van der Waals surface area contributed by atoms with E-state index in [1.165, 1.54) is 17.4 Å². The van der Waals surface area contributed by atoms with Crippen molar-refractivity contribution in [1.82, 2.24) is 0 Å². The Bertz CT molecular complexity index is 750. The van der Waals surface area contributed by atoms with Crippen molar-refractivity contribution < 1.29 is 8.42 Å². The van der Waals surface area contributed by atoms with Crippen molar-refractivity contribution in [3.8, 4) is 11.1 Å². The van der Waals surface area contributed by atoms with E-state index in [2.05, 4.69) is 29.6 Å². The molecular weight excluding hydrogens is 294 g/mol. The summed E-state index contributed by atoms with van der Waals surface area (Å²) >= 11 is 0. The molecule has 22 heavy (non-hydrogen) atoms. The SMILES string of the molecule is CS(=O)(=O)CC1(CNc2cccc(-c3ccccc3)c2)CC1. The van der Waals surface area contributed by atoms with Gasteiger partial charge in [-0.2, -0.15) is 0 Å². The summed E-state index contributed by atoms with van der Waals surface area (Å²) in [6.07, 6.45) is 3.31. The molecule has 1 aliphatic rings. The summed E-state index contributed by atoms with van der Waals surface area (Å²) in [6.45, 7) is 0.721. The van der Waals surface area contributed by atoms with Crippen LogP contribution in [0.1, 0.15) is 12.8 Å². The Labute approximate surface area is 132 Å². The minimum absolute atomic E-state index is 0.0592. The molecule has 3 nitrogen and oxygen atoms in total. The van der Waals surface area contributed by atoms with Crippen molar-refractivity contribution in [3.63, 3.8) is 0 Å². The highest BCUT2D eigenvalue weighted by Crippen LogP contribution is 2.46. The molecule has 0 aliphatic heterocycles. The Hall–Kier alpha value is -1.81. The second kappa shape index (κ2) is 5.76. The molecule has 1 saturated carbocycles. The number of hydrogen-bond acceptors (Lipinski definition) is 3. The van der Waals surface area contributed by atoms with E-state index < -0.39 is 9.84 Å². The van der Waals surface area contributed by atoms with E-state index in [9.17, 15) is 8.42 Å². The van der Waals surface area contributed by atoms with Crippen LogP contribution in [0, 0.1) is 5.41 Å². The van der Waals surface area contributed by atoms with Gasteiger partial charge in [0.1, 0.15) is 9.84 Å². The summed E-state index contributed by atoms with van der Waals surface area (Å²) < 4.78 is 23.0. The molecule has 2 aromatic rings. The normalized spacial score (nSPS) is 16.2. The predicted octanol–water partition coefficient (Wildman–Crippen LogP) is 3.59. The van der Waals surface area contributed by atoms with Crippen LogP contribution in [0.4, 0.5) is 5.69 Å². The van der Waals surface area contributed by atoms with Gasteiger partial charge in [-0.3, -0.25) is 0 Å². The maximum atomic E-state index is 11.5. The number of anilines is 1. The number of benzene rings is 2. The zero-order valence-corrected chi connectivity index (χ0v) is 13.6. The third-order valence-electron chi connectivity index (χ3n) is 4.16. The van der Waals surface area contributed by atoms with Crippen molar-refractivity contribution in [2.24, 2.45) is 5.41 Å². The highest BCUT2D eigenvalue weighted by atomic mass is 32.2. The molecule has 0 atom stereocenters. The molecule has 1 aliphatic carbocycles. The lowest BCUT2D eigenvalue weighted by Gasteiger charge is -2.16. The molecule has 0 heterocycles. The van der Waals surface area contributed by atoms with Gasteiger partial charge in [-0.25, -0.2) is 8.42 Å². The number of nitrogens with one attached hydrogen (secondary N) is 1. The van der Waals surface area contributed by atoms with Gasteiger partial charge in [0.25, 0.3) is 0 Å². The van der Waals surface area contributed by atoms with Crippen molar-refractivity contribution in [2.45, 2.75) is 12.8 Å². The largest absolute Gasteiger partial charge is 0.384 e. The Morgan fingerprint density at radius 3 is 2.32 bits per heavy atom. The summed E-state index contributed by atoms with van der Waals surface area (Å²) in [5.41, 5.74) is 3.33. The van der Waals surface area contributed by atoms with E-state index in [0.717, 1.165) is 25.1 Å². The zero-order chi connectivity index (χ0) is 15.6. The number of hydrogen-bond donors (Lipinski definition) is 1. The molecule has 0 amide bonds. The first-order valence-electron chi connectivity index (χ1n) is 7.53. The van der Waals surface area contributed by atoms with Crippen LogP contribution < -0.4 is 5.32 Å². The Balaban J connectivity index is 1.69. The first-order valence-corrected chi connectivity index (χ1v) is 9.59. The maximum Gasteiger partial charge on any atom is 0.148 e. The molecule has 0 aromatic heterocycles. The van der Waals surface area contributed by atoms with Crippen LogP contribution in [0.2, 0.25) is 0 Å². The van der Waals surface area contributed by atoms with Crippen molar-refractivity contribution in [1.29, 1.82) is 0 Å². The van der Waals surface area contributed by atoms with Gasteiger partial charge in [0.2, 0.25) is 0 Å². The summed E-state index contributed by atoms with van der Waals surface area (Å²) in [6, 6.07) is 18.5. The average molecular weight is 315 g/mol. The van der Waals surface area contributed by atoms with Gasteiger partial charge in [0.05, 0.1) is 5.75 Å². The Kier molecular flexibility index (Phi) is 3.96. The maximum absolute atomic E-state index is 11.5. The standard InChI is InChI=1S/C18H21NO2S/c1-22(20,21)14-18(10-11-18)13-19-17-9-5-8-16(12-17)15-6-3-2-4-7-15/h2-9,12,19H,10-11,13-14H2,1H3. The van der Waals surface area contributed by atoms with Crippen molar-refractivity contribution >= 4 is 15.5 Å². The molecule has 0 unspecified atom stereocenters. The fraction of sp³-hybridized carbons (Fsp3) is 0.333. The van der Waals surface area contributed by atoms with E-state index >= 15 is 0 Å². The van der Waals surface area contributed by atoms with Crippen LogP contribution in [0.3, 0.4) is 0 Å². The first-order chi connectivity index (χ1) is 10.5. The van der Waals surface area contributed by atoms with Crippen molar-refractivity contribution in [2.75, 3.05) is 23.9 Å². The van der Waals surface area contributed by atoms with E-state index in [0.29, 0.717) is 0 Å². The van der Waals surface area contributed by atoms with Crippen LogP contribution in [0.5, 0.6) is 0 Å². The molecule has 0 spiro atoms. The van der Waals surface area contributed by atoms with Crippen LogP contribution in [-0.2, 0) is 9.84 Å². The summed E-state index contributed by atoms with van der Waals surface area (Å²) in [4.78, 5) is 0. The highest BCUT2D eigenvalue weighted by molar-refractivity contribution is 7.90. The van der Waals surface area contributed by atoms with Gasteiger partial charge in [-0.1, -0.05) is 42.5 Å². The Morgan fingerprint density at radius 2 is 1.68 bits per heavy atom. The Morgan fingerprint density at radius 1 is 1.00 bits per heavy atom. The van der Waals surface area contributed by atoms with Gasteiger partial charge in [0, 0.05) is 23.9 Å². The van der Waals surface area contributed by atoms with Crippen LogP contribution in [-0.4, -0.2) is 27.0 Å². The van der Waals surface area contributed by atoms with Crippen LogP contribution in [0.15, 0.2) is 54.6 Å². The third kappa shape index (κ3) is 3.89. The van der Waals surface area contributed by atoms with E-state index in [1.807, 2.05) is 30.3 Å². The summed E-state index contributed by atoms with van der Waals surface area (Å²) in [5.74, 6) is 0.283. The van der Waals surface area contributed by atoms with Crippen LogP contribution >= 0.6 is 0 Å². The number of rotatable bonds is 6. The smallest absolute Gasteiger partial charge is 0.148 e. The molecule has 3 rings (SSSR count). The molecule has 0 saturated heterocycles. The van der Waals surface area contributed by atoms with E-state index in [4.69, 9.17) is 0 Å². The molecule has 116 valence electrons. The molecule has 1 N–H and O–H groups in total. The molecule has 4 heteroatoms. The lowest BCUT2D eigenvalue weighted by Crippen LogP contribution is -2.24. The van der Waals surface area contributed by atoms with Gasteiger partial charge >= 0.3 is 0 Å². The lowest BCUT2D eigenvalue weighted by atomic mass is 10.0. The molecule has 1 fully saturated rings. The second-order valence-corrected chi connectivity index (χ2v) is 8.51. The lowest BCUT2D eigenvalue weighted by molar-refractivity contribution is 0.561. The summed E-state index contributed by atoms with van der Waals surface area (Å²) in [5, 5.41) is 3.42. The summed E-state index contributed by atoms with van der Waals surface area (Å²) in [7, 11) is -2.91. The fourth-order valence-corrected chi connectivity index (χ4v) is 4.34. The molecular formula is C18H21NO2S. The van der Waals surface area contributed by atoms with E-state index in [1.54, 1.807) is 0 Å². The average Bonchev–Trinajstić information content (AvgIpc) is 3.24. The number of sulfone groups is 1. The van der Waals surface area contributed by atoms with Crippen LogP contribution in [0.25, 0.3) is 11.1 Å². The van der Waals surface area contributed by atoms with Gasteiger partial charge < -0.3 is 5.32 Å².